The highest BCUT2D eigenvalue weighted by Crippen LogP contribution is 2.42. The van der Waals surface area contributed by atoms with Crippen molar-refractivity contribution < 1.29 is 8.83 Å². The van der Waals surface area contributed by atoms with Gasteiger partial charge in [0.05, 0.1) is 5.52 Å². The molecule has 0 aliphatic carbocycles. The third kappa shape index (κ3) is 4.50. The second-order valence-corrected chi connectivity index (χ2v) is 13.2. The molecule has 8 aromatic carbocycles. The third-order valence-corrected chi connectivity index (χ3v) is 10.2. The molecule has 4 heteroatoms. The first kappa shape index (κ1) is 28.0. The molecule has 0 radical (unpaired) electrons. The van der Waals surface area contributed by atoms with Gasteiger partial charge in [0, 0.05) is 62.3 Å². The highest BCUT2D eigenvalue weighted by Gasteiger charge is 2.18. The number of rotatable bonds is 4. The molecule has 0 N–H and O–H groups in total. The van der Waals surface area contributed by atoms with E-state index in [9.17, 15) is 0 Å². The van der Waals surface area contributed by atoms with Crippen molar-refractivity contribution in [1.82, 2.24) is 4.98 Å². The topological polar surface area (TPSA) is 42.4 Å². The number of furan rings is 2. The zero-order valence-corrected chi connectivity index (χ0v) is 27.4. The summed E-state index contributed by atoms with van der Waals surface area (Å²) in [6, 6.07) is 57.9. The molecule has 0 saturated heterocycles. The second kappa shape index (κ2) is 10.8. The van der Waals surface area contributed by atoms with E-state index in [1.807, 2.05) is 12.3 Å². The van der Waals surface area contributed by atoms with E-state index in [1.54, 1.807) is 0 Å². The van der Waals surface area contributed by atoms with Gasteiger partial charge >= 0.3 is 0 Å². The van der Waals surface area contributed by atoms with E-state index >= 15 is 0 Å². The summed E-state index contributed by atoms with van der Waals surface area (Å²) in [7, 11) is 0. The monoisotopic (exact) mass is 652 g/mol. The molecule has 0 aliphatic rings. The van der Waals surface area contributed by atoms with E-state index in [4.69, 9.17) is 8.83 Å². The number of anilines is 3. The lowest BCUT2D eigenvalue weighted by atomic mass is 10.0. The van der Waals surface area contributed by atoms with Crippen LogP contribution in [-0.4, -0.2) is 4.98 Å². The van der Waals surface area contributed by atoms with Gasteiger partial charge in [0.15, 0.2) is 0 Å². The van der Waals surface area contributed by atoms with Crippen LogP contribution in [0.3, 0.4) is 0 Å². The Balaban J connectivity index is 1.07. The molecule has 3 heterocycles. The van der Waals surface area contributed by atoms with Crippen LogP contribution in [0.15, 0.2) is 179 Å². The Bertz CT molecular complexity index is 3000. The maximum absolute atomic E-state index is 6.53. The van der Waals surface area contributed by atoms with Crippen LogP contribution >= 0.6 is 0 Å². The van der Waals surface area contributed by atoms with Crippen LogP contribution in [0.5, 0.6) is 0 Å². The van der Waals surface area contributed by atoms with Gasteiger partial charge in [-0.15, -0.1) is 0 Å². The lowest BCUT2D eigenvalue weighted by Gasteiger charge is -2.25. The number of benzene rings is 8. The fourth-order valence-electron chi connectivity index (χ4n) is 7.68. The Labute approximate surface area is 292 Å². The maximum atomic E-state index is 6.53. The standard InChI is InChI=1S/C47H28N2O2/c1-3-8-33-25-44-41(22-31(33)6-1)39-19-17-37(27-46(39)50-44)49(36-15-13-29(14-16-36)35-12-11-30-10-5-21-48-43(30)24-35)38-18-20-40-42-23-32-7-2-4-9-34(32)26-45(42)51-47(40)28-38/h1-28H. The van der Waals surface area contributed by atoms with Crippen molar-refractivity contribution >= 4 is 93.4 Å². The van der Waals surface area contributed by atoms with Crippen molar-refractivity contribution in [2.75, 3.05) is 4.90 Å². The molecule has 11 aromatic rings. The van der Waals surface area contributed by atoms with Gasteiger partial charge in [-0.3, -0.25) is 4.98 Å². The Kier molecular flexibility index (Phi) is 5.92. The summed E-state index contributed by atoms with van der Waals surface area (Å²) in [4.78, 5) is 6.85. The van der Waals surface area contributed by atoms with E-state index in [2.05, 4.69) is 168 Å². The minimum absolute atomic E-state index is 0.847. The lowest BCUT2D eigenvalue weighted by molar-refractivity contribution is 0.669. The number of nitrogens with zero attached hydrogens (tertiary/aromatic N) is 2. The Morgan fingerprint density at radius 3 is 1.43 bits per heavy atom. The summed E-state index contributed by atoms with van der Waals surface area (Å²) in [6.07, 6.45) is 1.84. The Morgan fingerprint density at radius 2 is 0.843 bits per heavy atom. The predicted molar refractivity (Wildman–Crippen MR) is 211 cm³/mol. The highest BCUT2D eigenvalue weighted by atomic mass is 16.3. The van der Waals surface area contributed by atoms with E-state index in [1.165, 1.54) is 21.5 Å². The van der Waals surface area contributed by atoms with Gasteiger partial charge in [-0.2, -0.15) is 0 Å². The smallest absolute Gasteiger partial charge is 0.137 e. The van der Waals surface area contributed by atoms with Gasteiger partial charge in [-0.05, 0) is 105 Å². The number of pyridine rings is 1. The Morgan fingerprint density at radius 1 is 0.353 bits per heavy atom. The molecule has 3 aromatic heterocycles. The maximum Gasteiger partial charge on any atom is 0.137 e. The SMILES string of the molecule is c1ccc2cc3c(cc2c1)oc1cc(N(c2ccc(-c4ccc5cccnc5c4)cc2)c2ccc4c(c2)oc2cc5ccccc5cc24)ccc13. The molecule has 11 rings (SSSR count). The number of fused-ring (bicyclic) bond motifs is 9. The number of hydrogen-bond acceptors (Lipinski definition) is 4. The zero-order valence-electron chi connectivity index (χ0n) is 27.4. The molecule has 0 atom stereocenters. The molecule has 0 fully saturated rings. The average molecular weight is 653 g/mol. The van der Waals surface area contributed by atoms with Crippen molar-refractivity contribution in [3.8, 4) is 11.1 Å². The van der Waals surface area contributed by atoms with Gasteiger partial charge in [-0.1, -0.05) is 78.9 Å². The summed E-state index contributed by atoms with van der Waals surface area (Å²) >= 11 is 0. The number of hydrogen-bond donors (Lipinski definition) is 0. The highest BCUT2D eigenvalue weighted by molar-refractivity contribution is 6.12. The fourth-order valence-corrected chi connectivity index (χ4v) is 7.68. The quantitative estimate of drug-likeness (QED) is 0.190. The normalized spacial score (nSPS) is 11.9. The molecule has 0 amide bonds. The predicted octanol–water partition coefficient (Wildman–Crippen LogP) is 13.5. The van der Waals surface area contributed by atoms with Gasteiger partial charge in [0.2, 0.25) is 0 Å². The molecule has 0 bridgehead atoms. The minimum Gasteiger partial charge on any atom is -0.456 e. The van der Waals surface area contributed by atoms with Crippen molar-refractivity contribution in [3.05, 3.63) is 170 Å². The molecule has 4 nitrogen and oxygen atoms in total. The van der Waals surface area contributed by atoms with Gasteiger partial charge in [0.1, 0.15) is 22.3 Å². The van der Waals surface area contributed by atoms with Crippen LogP contribution in [0.25, 0.3) is 87.5 Å². The van der Waals surface area contributed by atoms with E-state index in [0.717, 1.165) is 83.0 Å². The average Bonchev–Trinajstić information content (AvgIpc) is 3.72. The largest absolute Gasteiger partial charge is 0.456 e. The summed E-state index contributed by atoms with van der Waals surface area (Å²) < 4.78 is 13.1. The molecular formula is C47H28N2O2. The Hall–Kier alpha value is -6.91. The van der Waals surface area contributed by atoms with Crippen molar-refractivity contribution in [2.24, 2.45) is 0 Å². The first-order valence-corrected chi connectivity index (χ1v) is 17.2. The molecule has 0 saturated carbocycles. The molecule has 0 unspecified atom stereocenters. The van der Waals surface area contributed by atoms with Gasteiger partial charge in [-0.25, -0.2) is 0 Å². The summed E-state index contributed by atoms with van der Waals surface area (Å²) in [5, 5.41) is 10.3. The molecule has 0 aliphatic heterocycles. The van der Waals surface area contributed by atoms with Crippen molar-refractivity contribution in [3.63, 3.8) is 0 Å². The summed E-state index contributed by atoms with van der Waals surface area (Å²) in [6.45, 7) is 0. The van der Waals surface area contributed by atoms with Crippen LogP contribution in [0, 0.1) is 0 Å². The van der Waals surface area contributed by atoms with Crippen LogP contribution in [-0.2, 0) is 0 Å². The minimum atomic E-state index is 0.847. The summed E-state index contributed by atoms with van der Waals surface area (Å²) in [5.41, 5.74) is 9.73. The summed E-state index contributed by atoms with van der Waals surface area (Å²) in [5.74, 6) is 0. The first-order chi connectivity index (χ1) is 25.2. The molecular weight excluding hydrogens is 625 g/mol. The number of aromatic nitrogens is 1. The van der Waals surface area contributed by atoms with E-state index in [-0.39, 0.29) is 0 Å². The molecule has 238 valence electrons. The molecule has 51 heavy (non-hydrogen) atoms. The van der Waals surface area contributed by atoms with Crippen LogP contribution in [0.1, 0.15) is 0 Å². The first-order valence-electron chi connectivity index (χ1n) is 17.2. The van der Waals surface area contributed by atoms with Crippen LogP contribution < -0.4 is 4.90 Å². The van der Waals surface area contributed by atoms with Crippen molar-refractivity contribution in [1.29, 1.82) is 0 Å². The molecule has 0 spiro atoms. The second-order valence-electron chi connectivity index (χ2n) is 13.2. The lowest BCUT2D eigenvalue weighted by Crippen LogP contribution is -2.09. The van der Waals surface area contributed by atoms with Crippen LogP contribution in [0.4, 0.5) is 17.1 Å². The van der Waals surface area contributed by atoms with Gasteiger partial charge in [0.25, 0.3) is 0 Å². The zero-order chi connectivity index (χ0) is 33.5. The van der Waals surface area contributed by atoms with Gasteiger partial charge < -0.3 is 13.7 Å². The van der Waals surface area contributed by atoms with Crippen molar-refractivity contribution in [2.45, 2.75) is 0 Å². The third-order valence-electron chi connectivity index (χ3n) is 10.2. The van der Waals surface area contributed by atoms with E-state index in [0.29, 0.717) is 0 Å². The fraction of sp³-hybridized carbons (Fsp3) is 0. The van der Waals surface area contributed by atoms with Crippen LogP contribution in [0.2, 0.25) is 0 Å². The van der Waals surface area contributed by atoms with E-state index < -0.39 is 0 Å².